The van der Waals surface area contributed by atoms with Crippen molar-refractivity contribution in [2.24, 2.45) is 0 Å². The molecule has 288 valence electrons. The maximum atomic E-state index is 2.41. The summed E-state index contributed by atoms with van der Waals surface area (Å²) in [7, 11) is 0. The lowest BCUT2D eigenvalue weighted by Crippen LogP contribution is -2.09. The first kappa shape index (κ1) is 36.9. The van der Waals surface area contributed by atoms with Gasteiger partial charge in [-0.05, 0) is 118 Å². The van der Waals surface area contributed by atoms with Crippen molar-refractivity contribution in [3.05, 3.63) is 230 Å². The van der Waals surface area contributed by atoms with Gasteiger partial charge in [0.1, 0.15) is 0 Å². The first-order valence-corrected chi connectivity index (χ1v) is 21.1. The molecule has 1 heterocycles. The van der Waals surface area contributed by atoms with Crippen molar-refractivity contribution in [3.63, 3.8) is 0 Å². The molecule has 0 bridgehead atoms. The first-order chi connectivity index (χ1) is 29.7. The van der Waals surface area contributed by atoms with Crippen LogP contribution in [0.25, 0.3) is 72.0 Å². The van der Waals surface area contributed by atoms with E-state index in [4.69, 9.17) is 0 Å². The number of rotatable bonds is 10. The molecular formula is C58H46N2. The predicted molar refractivity (Wildman–Crippen MR) is 256 cm³/mol. The average Bonchev–Trinajstić information content (AvgIpc) is 3.66. The first-order valence-electron chi connectivity index (χ1n) is 21.1. The molecule has 0 amide bonds. The molecule has 1 aromatic heterocycles. The van der Waals surface area contributed by atoms with Crippen molar-refractivity contribution in [3.8, 4) is 50.2 Å². The lowest BCUT2D eigenvalue weighted by atomic mass is 9.90. The molecule has 0 spiro atoms. The lowest BCUT2D eigenvalue weighted by Gasteiger charge is -2.26. The Morgan fingerprint density at radius 3 is 1.38 bits per heavy atom. The van der Waals surface area contributed by atoms with Gasteiger partial charge in [-0.15, -0.1) is 0 Å². The van der Waals surface area contributed by atoms with Crippen molar-refractivity contribution in [1.29, 1.82) is 0 Å². The minimum Gasteiger partial charge on any atom is -0.311 e. The molecule has 10 rings (SSSR count). The number of anilines is 3. The van der Waals surface area contributed by atoms with E-state index in [1.54, 1.807) is 0 Å². The van der Waals surface area contributed by atoms with E-state index in [-0.39, 0.29) is 0 Å². The summed E-state index contributed by atoms with van der Waals surface area (Å²) in [6, 6.07) is 79.6. The van der Waals surface area contributed by atoms with Crippen molar-refractivity contribution >= 4 is 38.9 Å². The number of aromatic nitrogens is 1. The molecule has 0 saturated carbocycles. The Hall–Kier alpha value is -7.42. The number of fused-ring (bicyclic) bond motifs is 3. The highest BCUT2D eigenvalue weighted by Crippen LogP contribution is 2.39. The number of para-hydroxylation sites is 4. The zero-order valence-electron chi connectivity index (χ0n) is 34.1. The van der Waals surface area contributed by atoms with E-state index in [1.165, 1.54) is 83.1 Å². The van der Waals surface area contributed by atoms with Crippen LogP contribution in [0.3, 0.4) is 0 Å². The van der Waals surface area contributed by atoms with Gasteiger partial charge in [-0.25, -0.2) is 0 Å². The predicted octanol–water partition coefficient (Wildman–Crippen LogP) is 16.0. The number of nitrogens with zero attached hydrogens (tertiary/aromatic N) is 2. The van der Waals surface area contributed by atoms with Crippen molar-refractivity contribution in [2.45, 2.75) is 26.7 Å². The van der Waals surface area contributed by atoms with Crippen LogP contribution in [0.5, 0.6) is 0 Å². The molecule has 0 saturated heterocycles. The molecule has 2 nitrogen and oxygen atoms in total. The van der Waals surface area contributed by atoms with Crippen LogP contribution in [0.4, 0.5) is 17.1 Å². The third-order valence-electron chi connectivity index (χ3n) is 12.0. The molecular weight excluding hydrogens is 725 g/mol. The molecule has 60 heavy (non-hydrogen) atoms. The summed E-state index contributed by atoms with van der Waals surface area (Å²) >= 11 is 0. The topological polar surface area (TPSA) is 8.17 Å². The third kappa shape index (κ3) is 6.76. The van der Waals surface area contributed by atoms with Gasteiger partial charge in [0.05, 0.1) is 16.7 Å². The van der Waals surface area contributed by atoms with Crippen molar-refractivity contribution in [2.75, 3.05) is 4.90 Å². The monoisotopic (exact) mass is 770 g/mol. The van der Waals surface area contributed by atoms with Gasteiger partial charge in [0.2, 0.25) is 0 Å². The van der Waals surface area contributed by atoms with E-state index in [2.05, 4.69) is 242 Å². The summed E-state index contributed by atoms with van der Waals surface area (Å²) in [5.74, 6) is 0. The highest BCUT2D eigenvalue weighted by molar-refractivity contribution is 6.09. The quantitative estimate of drug-likeness (QED) is 0.134. The third-order valence-corrected chi connectivity index (χ3v) is 12.0. The molecule has 9 aromatic carbocycles. The smallest absolute Gasteiger partial charge is 0.0541 e. The van der Waals surface area contributed by atoms with Crippen LogP contribution in [0.2, 0.25) is 0 Å². The Labute approximate surface area is 353 Å². The maximum absolute atomic E-state index is 2.41. The Morgan fingerprint density at radius 1 is 0.333 bits per heavy atom. The minimum atomic E-state index is 0.985. The van der Waals surface area contributed by atoms with Crippen LogP contribution in [-0.2, 0) is 12.8 Å². The summed E-state index contributed by atoms with van der Waals surface area (Å²) < 4.78 is 2.41. The SMILES string of the molecule is CCc1ccccc1-c1ccc(-c2ccc(N(c3ccccc3)c3ccc(-c4ccc(-c5ccccc5-n5c6ccccc6c6ccccc65)cc4)cc3)cc2)cc1CC. The normalized spacial score (nSPS) is 11.3. The molecule has 0 fully saturated rings. The summed E-state index contributed by atoms with van der Waals surface area (Å²) in [4.78, 5) is 2.34. The fraction of sp³-hybridized carbons (Fsp3) is 0.0690. The second-order valence-corrected chi connectivity index (χ2v) is 15.5. The molecule has 0 aliphatic carbocycles. The van der Waals surface area contributed by atoms with Crippen LogP contribution < -0.4 is 4.90 Å². The van der Waals surface area contributed by atoms with E-state index in [1.807, 2.05) is 0 Å². The highest BCUT2D eigenvalue weighted by atomic mass is 15.1. The van der Waals surface area contributed by atoms with Gasteiger partial charge in [-0.2, -0.15) is 0 Å². The van der Waals surface area contributed by atoms with Crippen molar-refractivity contribution < 1.29 is 0 Å². The van der Waals surface area contributed by atoms with Gasteiger partial charge in [0.15, 0.2) is 0 Å². The molecule has 10 aromatic rings. The molecule has 0 aliphatic rings. The van der Waals surface area contributed by atoms with Crippen LogP contribution in [0.15, 0.2) is 218 Å². The second kappa shape index (κ2) is 16.1. The fourth-order valence-corrected chi connectivity index (χ4v) is 8.99. The second-order valence-electron chi connectivity index (χ2n) is 15.5. The van der Waals surface area contributed by atoms with Gasteiger partial charge in [-0.1, -0.05) is 178 Å². The standard InChI is InChI=1S/C58H46N2/c1-3-41-16-8-9-19-51(41)52-39-34-47(40-42(52)4-2)45-32-37-50(38-33-45)59(48-17-6-5-7-18-48)49-35-30-44(31-36-49)43-26-28-46(29-27-43)53-20-10-13-23-56(53)60-57-24-14-11-21-54(57)55-22-12-15-25-58(55)60/h5-40H,3-4H2,1-2H3. The van der Waals surface area contributed by atoms with Crippen LogP contribution in [0, 0.1) is 0 Å². The fourth-order valence-electron chi connectivity index (χ4n) is 8.99. The molecule has 0 radical (unpaired) electrons. The molecule has 0 N–H and O–H groups in total. The van der Waals surface area contributed by atoms with Crippen LogP contribution >= 0.6 is 0 Å². The summed E-state index contributed by atoms with van der Waals surface area (Å²) in [6.45, 7) is 4.49. The largest absolute Gasteiger partial charge is 0.311 e. The Balaban J connectivity index is 0.938. The van der Waals surface area contributed by atoms with Gasteiger partial charge >= 0.3 is 0 Å². The summed E-state index contributed by atoms with van der Waals surface area (Å²) in [5, 5.41) is 2.54. The maximum Gasteiger partial charge on any atom is 0.0541 e. The van der Waals surface area contributed by atoms with E-state index in [0.29, 0.717) is 0 Å². The zero-order chi connectivity index (χ0) is 40.4. The van der Waals surface area contributed by atoms with Crippen LogP contribution in [0.1, 0.15) is 25.0 Å². The summed E-state index contributed by atoms with van der Waals surface area (Å²) in [6.07, 6.45) is 2.01. The molecule has 2 heteroatoms. The van der Waals surface area contributed by atoms with E-state index in [0.717, 1.165) is 29.9 Å². The number of benzene rings is 9. The minimum absolute atomic E-state index is 0.985. The van der Waals surface area contributed by atoms with Crippen LogP contribution in [-0.4, -0.2) is 4.57 Å². The van der Waals surface area contributed by atoms with E-state index in [9.17, 15) is 0 Å². The summed E-state index contributed by atoms with van der Waals surface area (Å²) in [5.41, 5.74) is 19.6. The van der Waals surface area contributed by atoms with E-state index < -0.39 is 0 Å². The molecule has 0 aliphatic heterocycles. The lowest BCUT2D eigenvalue weighted by molar-refractivity contribution is 1.12. The Bertz CT molecular complexity index is 3030. The number of hydrogen-bond donors (Lipinski definition) is 0. The Morgan fingerprint density at radius 2 is 0.767 bits per heavy atom. The van der Waals surface area contributed by atoms with Gasteiger partial charge in [0, 0.05) is 33.4 Å². The van der Waals surface area contributed by atoms with Gasteiger partial charge in [-0.3, -0.25) is 0 Å². The number of aryl methyl sites for hydroxylation is 2. The van der Waals surface area contributed by atoms with Gasteiger partial charge < -0.3 is 9.47 Å². The Kier molecular flexibility index (Phi) is 9.89. The van der Waals surface area contributed by atoms with Gasteiger partial charge in [0.25, 0.3) is 0 Å². The molecule has 0 atom stereocenters. The molecule has 0 unspecified atom stereocenters. The average molecular weight is 771 g/mol. The zero-order valence-corrected chi connectivity index (χ0v) is 34.1. The van der Waals surface area contributed by atoms with Crippen molar-refractivity contribution in [1.82, 2.24) is 4.57 Å². The van der Waals surface area contributed by atoms with E-state index >= 15 is 0 Å². The number of hydrogen-bond acceptors (Lipinski definition) is 1. The highest BCUT2D eigenvalue weighted by Gasteiger charge is 2.17.